The van der Waals surface area contributed by atoms with Crippen LogP contribution in [0, 0.1) is 0 Å². The minimum absolute atomic E-state index is 0.217. The third-order valence-corrected chi connectivity index (χ3v) is 1.61. The second-order valence-corrected chi connectivity index (χ2v) is 3.15. The van der Waals surface area contributed by atoms with Crippen molar-refractivity contribution in [2.75, 3.05) is 18.4 Å². The molecule has 0 fully saturated rings. The average molecular weight is 238 g/mol. The molecule has 0 spiro atoms. The number of hydrogen-bond acceptors (Lipinski definition) is 5. The van der Waals surface area contributed by atoms with Crippen molar-refractivity contribution >= 4 is 6.01 Å². The molecule has 0 saturated heterocycles. The molecule has 1 rings (SSSR count). The number of nitrogens with zero attached hydrogens (tertiary/aromatic N) is 2. The molecule has 0 amide bonds. The fourth-order valence-electron chi connectivity index (χ4n) is 0.944. The van der Waals surface area contributed by atoms with Crippen LogP contribution < -0.4 is 10.6 Å². The van der Waals surface area contributed by atoms with E-state index in [1.54, 1.807) is 0 Å². The van der Waals surface area contributed by atoms with E-state index in [2.05, 4.69) is 15.5 Å². The van der Waals surface area contributed by atoms with Crippen LogP contribution >= 0.6 is 0 Å². The average Bonchev–Trinajstić information content (AvgIpc) is 2.62. The van der Waals surface area contributed by atoms with Gasteiger partial charge in [-0.1, -0.05) is 12.0 Å². The van der Waals surface area contributed by atoms with Crippen LogP contribution in [0.25, 0.3) is 0 Å². The molecule has 8 heteroatoms. The minimum atomic E-state index is -4.30. The van der Waals surface area contributed by atoms with Crippen LogP contribution in [0.1, 0.15) is 19.2 Å². The van der Waals surface area contributed by atoms with E-state index >= 15 is 0 Å². The molecule has 0 atom stereocenters. The molecule has 0 aliphatic heterocycles. The Bertz CT molecular complexity index is 312. The lowest BCUT2D eigenvalue weighted by molar-refractivity contribution is -0.115. The Hall–Kier alpha value is -1.31. The molecule has 0 aliphatic rings. The van der Waals surface area contributed by atoms with Crippen molar-refractivity contribution in [3.63, 3.8) is 0 Å². The molecule has 1 heterocycles. The van der Waals surface area contributed by atoms with Crippen molar-refractivity contribution < 1.29 is 17.6 Å². The van der Waals surface area contributed by atoms with Gasteiger partial charge in [-0.05, 0) is 13.0 Å². The van der Waals surface area contributed by atoms with E-state index in [0.29, 0.717) is 6.54 Å². The number of hydrogen-bond donors (Lipinski definition) is 2. The smallest absolute Gasteiger partial charge is 0.405 e. The van der Waals surface area contributed by atoms with Crippen LogP contribution in [-0.2, 0) is 6.54 Å². The molecular formula is C8H13F3N4O. The number of halogens is 3. The van der Waals surface area contributed by atoms with Crippen molar-refractivity contribution in [3.05, 3.63) is 5.89 Å². The van der Waals surface area contributed by atoms with Gasteiger partial charge in [0.05, 0.1) is 6.54 Å². The zero-order valence-corrected chi connectivity index (χ0v) is 8.76. The van der Waals surface area contributed by atoms with Crippen LogP contribution in [0.4, 0.5) is 19.2 Å². The predicted molar refractivity (Wildman–Crippen MR) is 50.8 cm³/mol. The van der Waals surface area contributed by atoms with E-state index in [9.17, 15) is 13.2 Å². The first kappa shape index (κ1) is 12.8. The van der Waals surface area contributed by atoms with Crippen LogP contribution in [0.5, 0.6) is 0 Å². The van der Waals surface area contributed by atoms with Crippen molar-refractivity contribution in [3.8, 4) is 0 Å². The molecule has 0 unspecified atom stereocenters. The number of anilines is 1. The third kappa shape index (κ3) is 4.96. The molecule has 5 nitrogen and oxygen atoms in total. The Morgan fingerprint density at radius 2 is 2.06 bits per heavy atom. The van der Waals surface area contributed by atoms with Crippen molar-refractivity contribution in [2.24, 2.45) is 0 Å². The SMILES string of the molecule is CCCNCc1nnc(NCC(F)(F)F)o1. The van der Waals surface area contributed by atoms with E-state index in [-0.39, 0.29) is 11.9 Å². The van der Waals surface area contributed by atoms with Gasteiger partial charge in [0.15, 0.2) is 0 Å². The standard InChI is InChI=1S/C8H13F3N4O/c1-2-3-12-4-6-14-15-7(16-6)13-5-8(9,10)11/h12H,2-5H2,1H3,(H,13,15). The Balaban J connectivity index is 2.33. The van der Waals surface area contributed by atoms with Crippen LogP contribution in [0.15, 0.2) is 4.42 Å². The molecule has 0 radical (unpaired) electrons. The van der Waals surface area contributed by atoms with Crippen molar-refractivity contribution in [2.45, 2.75) is 26.1 Å². The summed E-state index contributed by atoms with van der Waals surface area (Å²) >= 11 is 0. The molecular weight excluding hydrogens is 225 g/mol. The number of aromatic nitrogens is 2. The molecule has 2 N–H and O–H groups in total. The minimum Gasteiger partial charge on any atom is -0.407 e. The highest BCUT2D eigenvalue weighted by Gasteiger charge is 2.27. The van der Waals surface area contributed by atoms with Gasteiger partial charge < -0.3 is 15.1 Å². The largest absolute Gasteiger partial charge is 0.407 e. The van der Waals surface area contributed by atoms with Gasteiger partial charge in [-0.25, -0.2) is 0 Å². The highest BCUT2D eigenvalue weighted by Crippen LogP contribution is 2.15. The summed E-state index contributed by atoms with van der Waals surface area (Å²) in [5.74, 6) is 0.262. The fraction of sp³-hybridized carbons (Fsp3) is 0.750. The lowest BCUT2D eigenvalue weighted by Crippen LogP contribution is -2.21. The van der Waals surface area contributed by atoms with Gasteiger partial charge >= 0.3 is 12.2 Å². The van der Waals surface area contributed by atoms with E-state index in [1.807, 2.05) is 12.2 Å². The lowest BCUT2D eigenvalue weighted by Gasteiger charge is -2.04. The summed E-state index contributed by atoms with van der Waals surface area (Å²) in [6.45, 7) is 1.95. The van der Waals surface area contributed by atoms with Gasteiger partial charge in [-0.15, -0.1) is 5.10 Å². The first-order chi connectivity index (χ1) is 7.51. The Kier molecular flexibility index (Phi) is 4.53. The first-order valence-corrected chi connectivity index (χ1v) is 4.85. The van der Waals surface area contributed by atoms with E-state index in [0.717, 1.165) is 13.0 Å². The van der Waals surface area contributed by atoms with Gasteiger partial charge in [0.25, 0.3) is 0 Å². The fourth-order valence-corrected chi connectivity index (χ4v) is 0.944. The summed E-state index contributed by atoms with van der Waals surface area (Å²) in [5.41, 5.74) is 0. The molecule has 0 bridgehead atoms. The maximum absolute atomic E-state index is 11.8. The highest BCUT2D eigenvalue weighted by molar-refractivity contribution is 5.17. The third-order valence-electron chi connectivity index (χ3n) is 1.61. The molecule has 16 heavy (non-hydrogen) atoms. The molecule has 92 valence electrons. The van der Waals surface area contributed by atoms with E-state index in [1.165, 1.54) is 0 Å². The monoisotopic (exact) mass is 238 g/mol. The van der Waals surface area contributed by atoms with Gasteiger partial charge in [0.2, 0.25) is 5.89 Å². The van der Waals surface area contributed by atoms with Crippen molar-refractivity contribution in [1.82, 2.24) is 15.5 Å². The zero-order chi connectivity index (χ0) is 12.0. The highest BCUT2D eigenvalue weighted by atomic mass is 19.4. The zero-order valence-electron chi connectivity index (χ0n) is 8.76. The number of nitrogens with one attached hydrogen (secondary N) is 2. The van der Waals surface area contributed by atoms with Crippen LogP contribution in [-0.4, -0.2) is 29.5 Å². The Labute approximate surface area is 90.4 Å². The van der Waals surface area contributed by atoms with Gasteiger partial charge in [0.1, 0.15) is 6.54 Å². The molecule has 0 aromatic carbocycles. The molecule has 1 aromatic heterocycles. The summed E-state index contributed by atoms with van der Waals surface area (Å²) in [5, 5.41) is 12.0. The van der Waals surface area contributed by atoms with Crippen LogP contribution in [0.2, 0.25) is 0 Å². The Morgan fingerprint density at radius 1 is 1.31 bits per heavy atom. The number of alkyl halides is 3. The summed E-state index contributed by atoms with van der Waals surface area (Å²) in [7, 11) is 0. The summed E-state index contributed by atoms with van der Waals surface area (Å²) in [6.07, 6.45) is -3.34. The lowest BCUT2D eigenvalue weighted by atomic mass is 10.5. The number of rotatable bonds is 6. The molecule has 0 saturated carbocycles. The van der Waals surface area contributed by atoms with Gasteiger partial charge in [0, 0.05) is 0 Å². The van der Waals surface area contributed by atoms with E-state index in [4.69, 9.17) is 4.42 Å². The summed E-state index contributed by atoms with van der Waals surface area (Å²) in [6, 6.07) is -0.217. The second kappa shape index (κ2) is 5.69. The summed E-state index contributed by atoms with van der Waals surface area (Å²) in [4.78, 5) is 0. The van der Waals surface area contributed by atoms with Crippen LogP contribution in [0.3, 0.4) is 0 Å². The molecule has 1 aromatic rings. The van der Waals surface area contributed by atoms with Crippen molar-refractivity contribution in [1.29, 1.82) is 0 Å². The first-order valence-electron chi connectivity index (χ1n) is 4.85. The topological polar surface area (TPSA) is 63.0 Å². The maximum Gasteiger partial charge on any atom is 0.405 e. The predicted octanol–water partition coefficient (Wildman–Crippen LogP) is 1.54. The van der Waals surface area contributed by atoms with Gasteiger partial charge in [-0.2, -0.15) is 13.2 Å². The molecule has 0 aliphatic carbocycles. The second-order valence-electron chi connectivity index (χ2n) is 3.15. The van der Waals surface area contributed by atoms with E-state index < -0.39 is 12.7 Å². The van der Waals surface area contributed by atoms with Gasteiger partial charge in [-0.3, -0.25) is 0 Å². The normalized spacial score (nSPS) is 11.8. The maximum atomic E-state index is 11.8. The quantitative estimate of drug-likeness (QED) is 0.736. The summed E-state index contributed by atoms with van der Waals surface area (Å²) < 4.78 is 40.4. The Morgan fingerprint density at radius 3 is 2.69 bits per heavy atom.